The molecule has 0 saturated carbocycles. The first-order chi connectivity index (χ1) is 9.56. The van der Waals surface area contributed by atoms with Crippen molar-refractivity contribution in [3.63, 3.8) is 0 Å². The number of rotatable bonds is 7. The Labute approximate surface area is 121 Å². The summed E-state index contributed by atoms with van der Waals surface area (Å²) in [4.78, 5) is 25.5. The highest BCUT2D eigenvalue weighted by Gasteiger charge is 2.10. The van der Waals surface area contributed by atoms with E-state index < -0.39 is 0 Å². The van der Waals surface area contributed by atoms with Crippen molar-refractivity contribution in [2.75, 3.05) is 20.1 Å². The number of hydrogen-bond acceptors (Lipinski definition) is 2. The number of carbonyl (C=O) groups is 2. The van der Waals surface area contributed by atoms with Crippen molar-refractivity contribution < 1.29 is 9.59 Å². The first-order valence-electron chi connectivity index (χ1n) is 7.14. The minimum absolute atomic E-state index is 0.0727. The maximum Gasteiger partial charge on any atom is 0.251 e. The normalized spacial score (nSPS) is 10.2. The van der Waals surface area contributed by atoms with E-state index >= 15 is 0 Å². The highest BCUT2D eigenvalue weighted by Crippen LogP contribution is 2.06. The van der Waals surface area contributed by atoms with Gasteiger partial charge in [0.1, 0.15) is 0 Å². The van der Waals surface area contributed by atoms with Gasteiger partial charge in [0.05, 0.1) is 0 Å². The van der Waals surface area contributed by atoms with Gasteiger partial charge in [-0.3, -0.25) is 9.59 Å². The molecular formula is C16H24N2O2. The Morgan fingerprint density at radius 1 is 1.25 bits per heavy atom. The molecule has 2 amide bonds. The molecule has 0 radical (unpaired) electrons. The van der Waals surface area contributed by atoms with Gasteiger partial charge in [0.25, 0.3) is 5.91 Å². The molecule has 0 bridgehead atoms. The summed E-state index contributed by atoms with van der Waals surface area (Å²) in [6.45, 7) is 5.16. The van der Waals surface area contributed by atoms with Gasteiger partial charge in [-0.1, -0.05) is 31.5 Å². The van der Waals surface area contributed by atoms with Crippen molar-refractivity contribution >= 4 is 11.8 Å². The van der Waals surface area contributed by atoms with E-state index in [2.05, 4.69) is 12.2 Å². The number of amides is 2. The van der Waals surface area contributed by atoms with E-state index in [0.717, 1.165) is 24.9 Å². The molecule has 0 aliphatic rings. The third-order valence-corrected chi connectivity index (χ3v) is 3.29. The van der Waals surface area contributed by atoms with Crippen LogP contribution in [0.4, 0.5) is 0 Å². The molecule has 20 heavy (non-hydrogen) atoms. The second-order valence-electron chi connectivity index (χ2n) is 4.99. The van der Waals surface area contributed by atoms with Crippen LogP contribution in [0, 0.1) is 6.92 Å². The number of aryl methyl sites for hydroxylation is 1. The van der Waals surface area contributed by atoms with Crippen LogP contribution in [0.5, 0.6) is 0 Å². The van der Waals surface area contributed by atoms with Crippen LogP contribution in [0.25, 0.3) is 0 Å². The summed E-state index contributed by atoms with van der Waals surface area (Å²) < 4.78 is 0. The van der Waals surface area contributed by atoms with Crippen LogP contribution in [0.2, 0.25) is 0 Å². The molecule has 0 saturated heterocycles. The third-order valence-electron chi connectivity index (χ3n) is 3.29. The maximum atomic E-state index is 12.0. The van der Waals surface area contributed by atoms with Gasteiger partial charge >= 0.3 is 0 Å². The van der Waals surface area contributed by atoms with Crippen molar-refractivity contribution in [3.8, 4) is 0 Å². The number of benzene rings is 1. The van der Waals surface area contributed by atoms with E-state index in [-0.39, 0.29) is 11.8 Å². The lowest BCUT2D eigenvalue weighted by Crippen LogP contribution is -2.32. The Bertz CT molecular complexity index is 458. The van der Waals surface area contributed by atoms with Crippen molar-refractivity contribution in [1.82, 2.24) is 10.2 Å². The average molecular weight is 276 g/mol. The Morgan fingerprint density at radius 3 is 2.60 bits per heavy atom. The number of nitrogens with one attached hydrogen (secondary N) is 1. The quantitative estimate of drug-likeness (QED) is 0.831. The summed E-state index contributed by atoms with van der Waals surface area (Å²) in [6.07, 6.45) is 2.43. The fourth-order valence-electron chi connectivity index (χ4n) is 1.92. The summed E-state index contributed by atoms with van der Waals surface area (Å²) in [5.41, 5.74) is 1.61. The number of carbonyl (C=O) groups excluding carboxylic acids is 2. The smallest absolute Gasteiger partial charge is 0.251 e. The SMILES string of the molecule is CCCCN(C)C(=O)CCNC(=O)c1ccccc1C. The lowest BCUT2D eigenvalue weighted by Gasteiger charge is -2.16. The Kier molecular flexibility index (Phi) is 6.77. The zero-order valence-corrected chi connectivity index (χ0v) is 12.6. The number of hydrogen-bond donors (Lipinski definition) is 1. The molecule has 110 valence electrons. The summed E-state index contributed by atoms with van der Waals surface area (Å²) in [5.74, 6) is -0.0457. The first kappa shape index (κ1) is 16.2. The second-order valence-corrected chi connectivity index (χ2v) is 4.99. The lowest BCUT2D eigenvalue weighted by molar-refractivity contribution is -0.129. The summed E-state index contributed by atoms with van der Waals surface area (Å²) in [7, 11) is 1.81. The Morgan fingerprint density at radius 2 is 1.95 bits per heavy atom. The molecule has 0 spiro atoms. The van der Waals surface area contributed by atoms with Gasteiger partial charge in [-0.05, 0) is 25.0 Å². The molecule has 1 aromatic rings. The molecule has 1 aromatic carbocycles. The van der Waals surface area contributed by atoms with Crippen molar-refractivity contribution in [2.24, 2.45) is 0 Å². The summed E-state index contributed by atoms with van der Waals surface area (Å²) >= 11 is 0. The molecule has 0 unspecified atom stereocenters. The molecular weight excluding hydrogens is 252 g/mol. The zero-order valence-electron chi connectivity index (χ0n) is 12.6. The van der Waals surface area contributed by atoms with E-state index in [1.165, 1.54) is 0 Å². The minimum Gasteiger partial charge on any atom is -0.352 e. The van der Waals surface area contributed by atoms with Crippen LogP contribution in [0.15, 0.2) is 24.3 Å². The van der Waals surface area contributed by atoms with E-state index in [1.807, 2.05) is 25.1 Å². The van der Waals surface area contributed by atoms with E-state index in [4.69, 9.17) is 0 Å². The standard InChI is InChI=1S/C16H24N2O2/c1-4-5-12-18(3)15(19)10-11-17-16(20)14-9-7-6-8-13(14)2/h6-9H,4-5,10-12H2,1-3H3,(H,17,20). The van der Waals surface area contributed by atoms with Crippen LogP contribution < -0.4 is 5.32 Å². The summed E-state index contributed by atoms with van der Waals surface area (Å²) in [6, 6.07) is 7.43. The molecule has 4 heteroatoms. The van der Waals surface area contributed by atoms with Crippen LogP contribution in [0.1, 0.15) is 42.1 Å². The van der Waals surface area contributed by atoms with Gasteiger partial charge < -0.3 is 10.2 Å². The van der Waals surface area contributed by atoms with E-state index in [9.17, 15) is 9.59 Å². The highest BCUT2D eigenvalue weighted by molar-refractivity contribution is 5.95. The van der Waals surface area contributed by atoms with E-state index in [1.54, 1.807) is 18.0 Å². The van der Waals surface area contributed by atoms with Crippen molar-refractivity contribution in [1.29, 1.82) is 0 Å². The fourth-order valence-corrected chi connectivity index (χ4v) is 1.92. The van der Waals surface area contributed by atoms with Gasteiger partial charge in [-0.25, -0.2) is 0 Å². The lowest BCUT2D eigenvalue weighted by atomic mass is 10.1. The zero-order chi connectivity index (χ0) is 15.0. The number of nitrogens with zero attached hydrogens (tertiary/aromatic N) is 1. The predicted molar refractivity (Wildman–Crippen MR) is 80.7 cm³/mol. The molecule has 0 heterocycles. The monoisotopic (exact) mass is 276 g/mol. The Balaban J connectivity index is 2.35. The Hall–Kier alpha value is -1.84. The van der Waals surface area contributed by atoms with Gasteiger partial charge in [0, 0.05) is 32.1 Å². The predicted octanol–water partition coefficient (Wildman–Crippen LogP) is 2.37. The van der Waals surface area contributed by atoms with Gasteiger partial charge in [0.2, 0.25) is 5.91 Å². The largest absolute Gasteiger partial charge is 0.352 e. The molecule has 0 aliphatic heterocycles. The number of unbranched alkanes of at least 4 members (excludes halogenated alkanes) is 1. The van der Waals surface area contributed by atoms with Crippen LogP contribution in [0.3, 0.4) is 0 Å². The van der Waals surface area contributed by atoms with Crippen LogP contribution in [-0.2, 0) is 4.79 Å². The summed E-state index contributed by atoms with van der Waals surface area (Å²) in [5, 5.41) is 2.80. The highest BCUT2D eigenvalue weighted by atomic mass is 16.2. The van der Waals surface area contributed by atoms with Gasteiger partial charge in [0.15, 0.2) is 0 Å². The molecule has 1 N–H and O–H groups in total. The van der Waals surface area contributed by atoms with Gasteiger partial charge in [-0.2, -0.15) is 0 Å². The molecule has 0 aliphatic carbocycles. The molecule has 4 nitrogen and oxygen atoms in total. The van der Waals surface area contributed by atoms with Crippen LogP contribution >= 0.6 is 0 Å². The van der Waals surface area contributed by atoms with Gasteiger partial charge in [-0.15, -0.1) is 0 Å². The maximum absolute atomic E-state index is 12.0. The first-order valence-corrected chi connectivity index (χ1v) is 7.14. The molecule has 0 atom stereocenters. The van der Waals surface area contributed by atoms with Crippen molar-refractivity contribution in [3.05, 3.63) is 35.4 Å². The third kappa shape index (κ3) is 5.03. The molecule has 0 fully saturated rings. The average Bonchev–Trinajstić information content (AvgIpc) is 2.44. The minimum atomic E-state index is -0.118. The second kappa shape index (κ2) is 8.35. The van der Waals surface area contributed by atoms with Crippen molar-refractivity contribution in [2.45, 2.75) is 33.1 Å². The van der Waals surface area contributed by atoms with E-state index in [0.29, 0.717) is 18.5 Å². The topological polar surface area (TPSA) is 49.4 Å². The fraction of sp³-hybridized carbons (Fsp3) is 0.500. The molecule has 1 rings (SSSR count). The molecule has 0 aromatic heterocycles. The van der Waals surface area contributed by atoms with Crippen LogP contribution in [-0.4, -0.2) is 36.9 Å².